The summed E-state index contributed by atoms with van der Waals surface area (Å²) in [5.74, 6) is -1.68. The van der Waals surface area contributed by atoms with Crippen LogP contribution >= 0.6 is 12.2 Å². The van der Waals surface area contributed by atoms with Crippen LogP contribution < -0.4 is 16.0 Å². The highest BCUT2D eigenvalue weighted by molar-refractivity contribution is 7.80. The topological polar surface area (TPSA) is 89.0 Å². The number of nitrogens with one attached hydrogen (secondary N) is 1. The van der Waals surface area contributed by atoms with Crippen molar-refractivity contribution in [2.45, 2.75) is 26.3 Å². The molecule has 3 N–H and O–H groups in total. The zero-order chi connectivity index (χ0) is 22.5. The van der Waals surface area contributed by atoms with Gasteiger partial charge in [0.15, 0.2) is 10.8 Å². The van der Waals surface area contributed by atoms with E-state index in [9.17, 15) is 14.0 Å². The van der Waals surface area contributed by atoms with Gasteiger partial charge in [-0.05, 0) is 68.9 Å². The van der Waals surface area contributed by atoms with Crippen LogP contribution in [0.3, 0.4) is 0 Å². The van der Waals surface area contributed by atoms with Crippen LogP contribution in [0.15, 0.2) is 36.4 Å². The third-order valence-corrected chi connectivity index (χ3v) is 4.64. The highest BCUT2D eigenvalue weighted by Gasteiger charge is 2.32. The van der Waals surface area contributed by atoms with Gasteiger partial charge in [-0.1, -0.05) is 6.07 Å². The Morgan fingerprint density at radius 1 is 1.37 bits per heavy atom. The minimum atomic E-state index is -0.884. The fourth-order valence-electron chi connectivity index (χ4n) is 2.93. The van der Waals surface area contributed by atoms with E-state index in [2.05, 4.69) is 10.2 Å². The zero-order valence-corrected chi connectivity index (χ0v) is 17.5. The van der Waals surface area contributed by atoms with Crippen molar-refractivity contribution in [1.29, 1.82) is 0 Å². The number of thiocarbonyl (C=S) groups is 1. The van der Waals surface area contributed by atoms with E-state index >= 15 is 0 Å². The largest absolute Gasteiger partial charge is 0.465 e. The number of halogens is 1. The number of ether oxygens (including phenoxy) is 1. The molecule has 0 aliphatic heterocycles. The predicted octanol–water partition coefficient (Wildman–Crippen LogP) is 3.94. The first-order valence-electron chi connectivity index (χ1n) is 8.84. The third-order valence-electron chi connectivity index (χ3n) is 4.36. The first-order valence-corrected chi connectivity index (χ1v) is 9.25. The predicted molar refractivity (Wildman–Crippen MR) is 117 cm³/mol. The van der Waals surface area contributed by atoms with Gasteiger partial charge in [0, 0.05) is 11.4 Å². The summed E-state index contributed by atoms with van der Waals surface area (Å²) in [6.45, 7) is 12.8. The normalized spacial score (nSPS) is 10.6. The number of aryl methyl sites for hydroxylation is 1. The minimum Gasteiger partial charge on any atom is -0.465 e. The maximum Gasteiger partial charge on any atom is 0.293 e. The van der Waals surface area contributed by atoms with Crippen LogP contribution in [0.1, 0.15) is 29.8 Å². The zero-order valence-electron chi connectivity index (χ0n) is 16.7. The Hall–Kier alpha value is -3.51. The summed E-state index contributed by atoms with van der Waals surface area (Å²) >= 11 is 5.57. The van der Waals surface area contributed by atoms with Crippen LogP contribution in [0.5, 0.6) is 0 Å². The van der Waals surface area contributed by atoms with Crippen molar-refractivity contribution in [2.75, 3.05) is 16.8 Å². The molecule has 0 fully saturated rings. The van der Waals surface area contributed by atoms with Crippen molar-refractivity contribution >= 4 is 46.8 Å². The highest BCUT2D eigenvalue weighted by Crippen LogP contribution is 2.29. The molecule has 0 bridgehead atoms. The second-order valence-electron chi connectivity index (χ2n) is 7.13. The number of carbonyl (C=O) groups excluding carboxylic acids is 2. The molecule has 0 saturated carbocycles. The van der Waals surface area contributed by atoms with E-state index in [1.54, 1.807) is 43.9 Å². The first kappa shape index (κ1) is 22.8. The smallest absolute Gasteiger partial charge is 0.293 e. The van der Waals surface area contributed by atoms with Gasteiger partial charge < -0.3 is 20.7 Å². The lowest BCUT2D eigenvalue weighted by atomic mass is 10.0. The van der Waals surface area contributed by atoms with E-state index in [4.69, 9.17) is 29.3 Å². The van der Waals surface area contributed by atoms with E-state index in [-0.39, 0.29) is 17.3 Å². The monoisotopic (exact) mass is 428 g/mol. The van der Waals surface area contributed by atoms with Crippen LogP contribution in [-0.4, -0.2) is 29.6 Å². The Morgan fingerprint density at radius 2 is 2.07 bits per heavy atom. The molecule has 1 amide bonds. The fraction of sp³-hybridized carbons (Fsp3) is 0.238. The van der Waals surface area contributed by atoms with Gasteiger partial charge in [-0.2, -0.15) is 0 Å². The molecular formula is C21H21FN4O3S. The molecule has 0 unspecified atom stereocenters. The van der Waals surface area contributed by atoms with Crippen molar-refractivity contribution in [3.8, 4) is 0 Å². The molecule has 156 valence electrons. The molecule has 0 saturated heterocycles. The Bertz CT molecular complexity index is 1030. The second-order valence-corrected chi connectivity index (χ2v) is 7.51. The molecule has 0 aliphatic carbocycles. The summed E-state index contributed by atoms with van der Waals surface area (Å²) in [5, 5.41) is 3.27. The molecule has 9 heteroatoms. The Labute approximate surface area is 179 Å². The number of nitrogens with zero attached hydrogens (tertiary/aromatic N) is 2. The molecule has 0 spiro atoms. The number of anilines is 2. The van der Waals surface area contributed by atoms with Gasteiger partial charge in [-0.3, -0.25) is 9.59 Å². The SMILES string of the molecule is [C-]#[N+]c1ccc(NC(=S)N(c2ccc(C(N)=O)c(F)c2)C(C)(C)COC=O)cc1C. The fourth-order valence-corrected chi connectivity index (χ4v) is 3.40. The molecule has 0 radical (unpaired) electrons. The van der Waals surface area contributed by atoms with Crippen molar-refractivity contribution in [3.05, 3.63) is 64.8 Å². The van der Waals surface area contributed by atoms with E-state index < -0.39 is 17.3 Å². The summed E-state index contributed by atoms with van der Waals surface area (Å²) in [5.41, 5.74) is 6.33. The molecule has 2 aromatic carbocycles. The minimum absolute atomic E-state index is 0.0345. The van der Waals surface area contributed by atoms with Crippen LogP contribution in [0.2, 0.25) is 0 Å². The second kappa shape index (κ2) is 9.33. The van der Waals surface area contributed by atoms with E-state index in [0.29, 0.717) is 23.5 Å². The van der Waals surface area contributed by atoms with Gasteiger partial charge in [-0.15, -0.1) is 0 Å². The summed E-state index contributed by atoms with van der Waals surface area (Å²) in [7, 11) is 0. The van der Waals surface area contributed by atoms with Crippen molar-refractivity contribution in [1.82, 2.24) is 0 Å². The maximum atomic E-state index is 14.4. The summed E-state index contributed by atoms with van der Waals surface area (Å²) in [6, 6.07) is 9.06. The molecule has 7 nitrogen and oxygen atoms in total. The van der Waals surface area contributed by atoms with Crippen molar-refractivity contribution in [2.24, 2.45) is 5.73 Å². The number of amides is 1. The highest BCUT2D eigenvalue weighted by atomic mass is 32.1. The third kappa shape index (κ3) is 5.10. The lowest BCUT2D eigenvalue weighted by molar-refractivity contribution is -0.130. The lowest BCUT2D eigenvalue weighted by Gasteiger charge is -2.39. The van der Waals surface area contributed by atoms with Gasteiger partial charge >= 0.3 is 0 Å². The average Bonchev–Trinajstić information content (AvgIpc) is 2.66. The average molecular weight is 428 g/mol. The summed E-state index contributed by atoms with van der Waals surface area (Å²) in [6.07, 6.45) is 0. The molecule has 0 atom stereocenters. The molecule has 30 heavy (non-hydrogen) atoms. The summed E-state index contributed by atoms with van der Waals surface area (Å²) in [4.78, 5) is 27.1. The number of benzene rings is 2. The molecule has 0 heterocycles. The van der Waals surface area contributed by atoms with Crippen LogP contribution in [-0.2, 0) is 9.53 Å². The Morgan fingerprint density at radius 3 is 2.60 bits per heavy atom. The quantitative estimate of drug-likeness (QED) is 0.395. The number of rotatable bonds is 7. The first-order chi connectivity index (χ1) is 14.1. The van der Waals surface area contributed by atoms with Crippen molar-refractivity contribution in [3.63, 3.8) is 0 Å². The molecule has 0 aliphatic rings. The number of hydrogen-bond donors (Lipinski definition) is 2. The van der Waals surface area contributed by atoms with E-state index in [0.717, 1.165) is 11.6 Å². The van der Waals surface area contributed by atoms with Gasteiger partial charge in [0.2, 0.25) is 0 Å². The van der Waals surface area contributed by atoms with Crippen molar-refractivity contribution < 1.29 is 18.7 Å². The van der Waals surface area contributed by atoms with Gasteiger partial charge in [0.25, 0.3) is 12.4 Å². The molecule has 2 rings (SSSR count). The van der Waals surface area contributed by atoms with Crippen LogP contribution in [0, 0.1) is 19.3 Å². The Kier molecular flexibility index (Phi) is 7.08. The number of primary amides is 1. The molecule has 2 aromatic rings. The number of hydrogen-bond acceptors (Lipinski definition) is 4. The molecular weight excluding hydrogens is 407 g/mol. The van der Waals surface area contributed by atoms with Crippen LogP contribution in [0.25, 0.3) is 4.85 Å². The lowest BCUT2D eigenvalue weighted by Crippen LogP contribution is -2.52. The van der Waals surface area contributed by atoms with Gasteiger partial charge in [0.1, 0.15) is 12.4 Å². The molecule has 0 aromatic heterocycles. The van der Waals surface area contributed by atoms with Gasteiger partial charge in [0.05, 0.1) is 17.7 Å². The standard InChI is InChI=1S/C21H21FN4O3S/c1-13-9-14(5-8-18(13)24-4)25-20(30)26(21(2,3)11-29-12-27)15-6-7-16(19(23)28)17(22)10-15/h5-10,12H,11H2,1-3H3,(H2,23,28)(H,25,30). The summed E-state index contributed by atoms with van der Waals surface area (Å²) < 4.78 is 19.4. The van der Waals surface area contributed by atoms with E-state index in [1.807, 2.05) is 0 Å². The number of carbonyl (C=O) groups is 2. The maximum absolute atomic E-state index is 14.4. The van der Waals surface area contributed by atoms with Crippen LogP contribution in [0.4, 0.5) is 21.5 Å². The van der Waals surface area contributed by atoms with E-state index in [1.165, 1.54) is 12.1 Å². The Balaban J connectivity index is 2.45. The van der Waals surface area contributed by atoms with Gasteiger partial charge in [-0.25, -0.2) is 9.24 Å². The number of nitrogens with two attached hydrogens (primary N) is 1.